The molecule has 25 heavy (non-hydrogen) atoms. The Morgan fingerprint density at radius 3 is 2.48 bits per heavy atom. The fourth-order valence-electron chi connectivity index (χ4n) is 3.28. The summed E-state index contributed by atoms with van der Waals surface area (Å²) >= 11 is 1.88. The maximum atomic E-state index is 5.45. The highest BCUT2D eigenvalue weighted by molar-refractivity contribution is 7.10. The first-order chi connectivity index (χ1) is 12.2. The van der Waals surface area contributed by atoms with Gasteiger partial charge in [-0.05, 0) is 49.4 Å². The normalized spacial score (nSPS) is 15.8. The molecular weight excluding hydrogens is 328 g/mol. The number of morpholine rings is 1. The van der Waals surface area contributed by atoms with Crippen molar-refractivity contribution in [3.8, 4) is 0 Å². The van der Waals surface area contributed by atoms with Crippen molar-refractivity contribution in [1.82, 2.24) is 9.80 Å². The van der Waals surface area contributed by atoms with Crippen LogP contribution in [-0.2, 0) is 17.8 Å². The van der Waals surface area contributed by atoms with E-state index in [2.05, 4.69) is 59.4 Å². The van der Waals surface area contributed by atoms with E-state index in [4.69, 9.17) is 4.74 Å². The van der Waals surface area contributed by atoms with Gasteiger partial charge in [0.1, 0.15) is 0 Å². The van der Waals surface area contributed by atoms with Gasteiger partial charge in [0.05, 0.1) is 13.2 Å². The second-order valence-corrected chi connectivity index (χ2v) is 8.03. The quantitative estimate of drug-likeness (QED) is 0.707. The molecule has 3 nitrogen and oxygen atoms in total. The largest absolute Gasteiger partial charge is 0.379 e. The minimum atomic E-state index is 0.890. The van der Waals surface area contributed by atoms with Crippen molar-refractivity contribution in [2.24, 2.45) is 0 Å². The summed E-state index contributed by atoms with van der Waals surface area (Å²) in [5, 5.41) is 2.21. The van der Waals surface area contributed by atoms with E-state index in [1.807, 2.05) is 11.3 Å². The molecule has 0 bridgehead atoms. The van der Waals surface area contributed by atoms with Crippen molar-refractivity contribution in [2.45, 2.75) is 33.4 Å². The molecule has 3 rings (SSSR count). The SMILES string of the molecule is Cc1ccc(CN(CCCN2CCOCC2)Cc2sccc2C)cc1. The highest BCUT2D eigenvalue weighted by Gasteiger charge is 2.13. The first-order valence-electron chi connectivity index (χ1n) is 9.32. The number of thiophene rings is 1. The highest BCUT2D eigenvalue weighted by atomic mass is 32.1. The zero-order chi connectivity index (χ0) is 17.5. The molecule has 4 heteroatoms. The Morgan fingerprint density at radius 1 is 1.04 bits per heavy atom. The zero-order valence-electron chi connectivity index (χ0n) is 15.5. The van der Waals surface area contributed by atoms with Crippen LogP contribution in [-0.4, -0.2) is 49.2 Å². The topological polar surface area (TPSA) is 15.7 Å². The Labute approximate surface area is 156 Å². The number of rotatable bonds is 8. The van der Waals surface area contributed by atoms with Crippen LogP contribution in [0.4, 0.5) is 0 Å². The molecule has 0 radical (unpaired) electrons. The van der Waals surface area contributed by atoms with Crippen LogP contribution >= 0.6 is 11.3 Å². The number of benzene rings is 1. The summed E-state index contributed by atoms with van der Waals surface area (Å²) in [7, 11) is 0. The van der Waals surface area contributed by atoms with Crippen LogP contribution in [0.5, 0.6) is 0 Å². The van der Waals surface area contributed by atoms with E-state index >= 15 is 0 Å². The lowest BCUT2D eigenvalue weighted by molar-refractivity contribution is 0.0359. The molecule has 1 fully saturated rings. The number of nitrogens with zero attached hydrogens (tertiary/aromatic N) is 2. The molecule has 1 aliphatic heterocycles. The Kier molecular flexibility index (Phi) is 7.05. The number of aryl methyl sites for hydroxylation is 2. The van der Waals surface area contributed by atoms with Crippen molar-refractivity contribution < 1.29 is 4.74 Å². The van der Waals surface area contributed by atoms with E-state index in [0.717, 1.165) is 45.9 Å². The van der Waals surface area contributed by atoms with Gasteiger partial charge in [-0.2, -0.15) is 0 Å². The van der Waals surface area contributed by atoms with Gasteiger partial charge in [0.15, 0.2) is 0 Å². The summed E-state index contributed by atoms with van der Waals surface area (Å²) < 4.78 is 5.45. The van der Waals surface area contributed by atoms with Crippen LogP contribution < -0.4 is 0 Å². The monoisotopic (exact) mass is 358 g/mol. The highest BCUT2D eigenvalue weighted by Crippen LogP contribution is 2.19. The average Bonchev–Trinajstić information content (AvgIpc) is 3.02. The minimum absolute atomic E-state index is 0.890. The molecule has 1 aromatic heterocycles. The lowest BCUT2D eigenvalue weighted by Gasteiger charge is -2.28. The summed E-state index contributed by atoms with van der Waals surface area (Å²) in [5.41, 5.74) is 4.16. The van der Waals surface area contributed by atoms with Gasteiger partial charge in [0, 0.05) is 37.6 Å². The Balaban J connectivity index is 1.57. The van der Waals surface area contributed by atoms with Gasteiger partial charge < -0.3 is 4.74 Å². The maximum Gasteiger partial charge on any atom is 0.0594 e. The Bertz CT molecular complexity index is 632. The molecule has 1 aliphatic rings. The molecule has 0 unspecified atom stereocenters. The standard InChI is InChI=1S/C21H30N2OS/c1-18-4-6-20(7-5-18)16-23(17-21-19(2)8-15-25-21)10-3-9-22-11-13-24-14-12-22/h4-8,15H,3,9-14,16-17H2,1-2H3. The third-order valence-corrected chi connectivity index (χ3v) is 5.92. The van der Waals surface area contributed by atoms with Gasteiger partial charge in [-0.15, -0.1) is 11.3 Å². The number of hydrogen-bond acceptors (Lipinski definition) is 4. The summed E-state index contributed by atoms with van der Waals surface area (Å²) in [6, 6.07) is 11.2. The zero-order valence-corrected chi connectivity index (χ0v) is 16.4. The molecule has 2 heterocycles. The second-order valence-electron chi connectivity index (χ2n) is 7.03. The molecule has 0 atom stereocenters. The summed E-state index contributed by atoms with van der Waals surface area (Å²) in [6.45, 7) is 12.7. The van der Waals surface area contributed by atoms with Gasteiger partial charge in [-0.3, -0.25) is 9.80 Å². The van der Waals surface area contributed by atoms with Crippen molar-refractivity contribution in [3.63, 3.8) is 0 Å². The van der Waals surface area contributed by atoms with Crippen LogP contribution in [0.15, 0.2) is 35.7 Å². The van der Waals surface area contributed by atoms with Crippen molar-refractivity contribution >= 4 is 11.3 Å². The number of ether oxygens (including phenoxy) is 1. The first kappa shape index (κ1) is 18.6. The van der Waals surface area contributed by atoms with Gasteiger partial charge in [0.2, 0.25) is 0 Å². The van der Waals surface area contributed by atoms with Gasteiger partial charge in [0.25, 0.3) is 0 Å². The van der Waals surface area contributed by atoms with Crippen LogP contribution in [0, 0.1) is 13.8 Å². The predicted molar refractivity (Wildman–Crippen MR) is 106 cm³/mol. The predicted octanol–water partition coefficient (Wildman–Crippen LogP) is 4.09. The number of hydrogen-bond donors (Lipinski definition) is 0. The molecule has 0 saturated carbocycles. The lowest BCUT2D eigenvalue weighted by Crippen LogP contribution is -2.38. The van der Waals surface area contributed by atoms with Crippen LogP contribution in [0.2, 0.25) is 0 Å². The molecule has 0 spiro atoms. The van der Waals surface area contributed by atoms with E-state index in [-0.39, 0.29) is 0 Å². The molecule has 1 aromatic carbocycles. The smallest absolute Gasteiger partial charge is 0.0594 e. The summed E-state index contributed by atoms with van der Waals surface area (Å²) in [6.07, 6.45) is 1.22. The molecule has 2 aromatic rings. The summed E-state index contributed by atoms with van der Waals surface area (Å²) in [4.78, 5) is 6.63. The molecule has 0 N–H and O–H groups in total. The molecule has 136 valence electrons. The minimum Gasteiger partial charge on any atom is -0.379 e. The molecule has 1 saturated heterocycles. The third kappa shape index (κ3) is 5.93. The van der Waals surface area contributed by atoms with Crippen molar-refractivity contribution in [2.75, 3.05) is 39.4 Å². The lowest BCUT2D eigenvalue weighted by atomic mass is 10.1. The van der Waals surface area contributed by atoms with Crippen LogP contribution in [0.1, 0.15) is 28.0 Å². The molecule has 0 aliphatic carbocycles. The summed E-state index contributed by atoms with van der Waals surface area (Å²) in [5.74, 6) is 0. The molecular formula is C21H30N2OS. The first-order valence-corrected chi connectivity index (χ1v) is 10.2. The average molecular weight is 359 g/mol. The van der Waals surface area contributed by atoms with Crippen LogP contribution in [0.3, 0.4) is 0 Å². The van der Waals surface area contributed by atoms with E-state index < -0.39 is 0 Å². The van der Waals surface area contributed by atoms with Crippen molar-refractivity contribution in [3.05, 3.63) is 57.3 Å². The van der Waals surface area contributed by atoms with Gasteiger partial charge in [-0.1, -0.05) is 29.8 Å². The maximum absolute atomic E-state index is 5.45. The van der Waals surface area contributed by atoms with Crippen LogP contribution in [0.25, 0.3) is 0 Å². The fourth-order valence-corrected chi connectivity index (χ4v) is 4.23. The van der Waals surface area contributed by atoms with E-state index in [1.54, 1.807) is 0 Å². The Hall–Kier alpha value is -1.20. The van der Waals surface area contributed by atoms with E-state index in [0.29, 0.717) is 0 Å². The molecule has 0 amide bonds. The second kappa shape index (κ2) is 9.48. The van der Waals surface area contributed by atoms with Crippen molar-refractivity contribution in [1.29, 1.82) is 0 Å². The van der Waals surface area contributed by atoms with E-state index in [1.165, 1.54) is 34.5 Å². The Morgan fingerprint density at radius 2 is 1.80 bits per heavy atom. The van der Waals surface area contributed by atoms with Gasteiger partial charge >= 0.3 is 0 Å². The fraction of sp³-hybridized carbons (Fsp3) is 0.524. The van der Waals surface area contributed by atoms with E-state index in [9.17, 15) is 0 Å². The third-order valence-electron chi connectivity index (χ3n) is 4.91. The van der Waals surface area contributed by atoms with Gasteiger partial charge in [-0.25, -0.2) is 0 Å².